The molecule has 0 atom stereocenters. The van der Waals surface area contributed by atoms with E-state index in [-0.39, 0.29) is 5.82 Å². The summed E-state index contributed by atoms with van der Waals surface area (Å²) in [6.45, 7) is 11.6. The maximum Gasteiger partial charge on any atom is 0.126 e. The molecule has 1 heterocycles. The number of benzene rings is 1. The molecule has 0 aromatic heterocycles. The highest BCUT2D eigenvalue weighted by Crippen LogP contribution is 2.27. The zero-order valence-corrected chi connectivity index (χ0v) is 16.9. The van der Waals surface area contributed by atoms with Crippen LogP contribution in [-0.2, 0) is 12.8 Å². The Labute approximate surface area is 155 Å². The zero-order chi connectivity index (χ0) is 18.3. The minimum atomic E-state index is 0.000465. The van der Waals surface area contributed by atoms with Crippen molar-refractivity contribution in [2.75, 3.05) is 13.1 Å². The van der Waals surface area contributed by atoms with Crippen LogP contribution in [0.15, 0.2) is 18.2 Å². The van der Waals surface area contributed by atoms with E-state index in [0.29, 0.717) is 5.54 Å². The minimum absolute atomic E-state index is 0.000465. The fraction of sp³-hybridized carbons (Fsp3) is 0.739. The van der Waals surface area contributed by atoms with Crippen molar-refractivity contribution in [2.24, 2.45) is 5.92 Å². The summed E-state index contributed by atoms with van der Waals surface area (Å²) >= 11 is 0. The van der Waals surface area contributed by atoms with Gasteiger partial charge in [0.2, 0.25) is 0 Å². The molecule has 1 aromatic carbocycles. The molecule has 0 bridgehead atoms. The largest absolute Gasteiger partial charge is 0.298 e. The molecule has 25 heavy (non-hydrogen) atoms. The Kier molecular flexibility index (Phi) is 7.93. The molecule has 1 aliphatic rings. The second kappa shape index (κ2) is 9.71. The number of halogens is 1. The van der Waals surface area contributed by atoms with Gasteiger partial charge < -0.3 is 0 Å². The van der Waals surface area contributed by atoms with Crippen molar-refractivity contribution in [3.05, 3.63) is 35.1 Å². The molecular formula is C23H38FN. The van der Waals surface area contributed by atoms with Crippen molar-refractivity contribution in [3.63, 3.8) is 0 Å². The van der Waals surface area contributed by atoms with Gasteiger partial charge in [-0.15, -0.1) is 0 Å². The predicted octanol–water partition coefficient (Wildman–Crippen LogP) is 6.39. The molecular weight excluding hydrogens is 309 g/mol. The monoisotopic (exact) mass is 347 g/mol. The quantitative estimate of drug-likeness (QED) is 0.492. The molecule has 2 heteroatoms. The Hall–Kier alpha value is -0.890. The Morgan fingerprint density at radius 1 is 1.04 bits per heavy atom. The number of hydrogen-bond acceptors (Lipinski definition) is 1. The lowest BCUT2D eigenvalue weighted by atomic mass is 9.89. The average Bonchev–Trinajstić information content (AvgIpc) is 2.57. The van der Waals surface area contributed by atoms with Crippen LogP contribution in [0.5, 0.6) is 0 Å². The number of unbranched alkanes of at least 4 members (excludes halogenated alkanes) is 2. The molecule has 1 aliphatic heterocycles. The summed E-state index contributed by atoms with van der Waals surface area (Å²) in [5, 5.41) is 0. The first kappa shape index (κ1) is 20.4. The molecule has 0 aliphatic carbocycles. The molecule has 0 unspecified atom stereocenters. The van der Waals surface area contributed by atoms with Gasteiger partial charge >= 0.3 is 0 Å². The highest BCUT2D eigenvalue weighted by Gasteiger charge is 2.26. The Morgan fingerprint density at radius 3 is 2.36 bits per heavy atom. The van der Waals surface area contributed by atoms with Gasteiger partial charge in [-0.25, -0.2) is 4.39 Å². The van der Waals surface area contributed by atoms with E-state index in [9.17, 15) is 4.39 Å². The lowest BCUT2D eigenvalue weighted by Crippen LogP contribution is -2.46. The molecule has 1 aromatic rings. The molecule has 1 fully saturated rings. The molecule has 0 N–H and O–H groups in total. The van der Waals surface area contributed by atoms with E-state index in [1.807, 2.05) is 6.07 Å². The van der Waals surface area contributed by atoms with Crippen LogP contribution >= 0.6 is 0 Å². The molecule has 142 valence electrons. The van der Waals surface area contributed by atoms with Gasteiger partial charge in [-0.05, 0) is 95.5 Å². The van der Waals surface area contributed by atoms with E-state index in [0.717, 1.165) is 37.2 Å². The van der Waals surface area contributed by atoms with Crippen molar-refractivity contribution < 1.29 is 4.39 Å². The molecule has 2 rings (SSSR count). The summed E-state index contributed by atoms with van der Waals surface area (Å²) < 4.78 is 14.1. The van der Waals surface area contributed by atoms with E-state index >= 15 is 0 Å². The van der Waals surface area contributed by atoms with Crippen molar-refractivity contribution in [1.29, 1.82) is 0 Å². The van der Waals surface area contributed by atoms with Crippen molar-refractivity contribution >= 4 is 0 Å². The topological polar surface area (TPSA) is 3.24 Å². The number of aryl methyl sites for hydroxylation is 2. The number of nitrogens with zero attached hydrogens (tertiary/aromatic N) is 1. The lowest BCUT2D eigenvalue weighted by molar-refractivity contribution is 0.0847. The van der Waals surface area contributed by atoms with Gasteiger partial charge in [0.25, 0.3) is 0 Å². The van der Waals surface area contributed by atoms with Crippen LogP contribution in [0.25, 0.3) is 0 Å². The summed E-state index contributed by atoms with van der Waals surface area (Å²) in [4.78, 5) is 2.62. The number of piperidine rings is 1. The minimum Gasteiger partial charge on any atom is -0.298 e. The summed E-state index contributed by atoms with van der Waals surface area (Å²) in [5.74, 6) is 0.896. The first-order valence-corrected chi connectivity index (χ1v) is 10.4. The zero-order valence-electron chi connectivity index (χ0n) is 16.9. The molecule has 1 saturated heterocycles. The number of rotatable bonds is 8. The van der Waals surface area contributed by atoms with E-state index in [4.69, 9.17) is 0 Å². The second-order valence-corrected chi connectivity index (χ2v) is 8.88. The van der Waals surface area contributed by atoms with E-state index < -0.39 is 0 Å². The number of hydrogen-bond donors (Lipinski definition) is 0. The maximum atomic E-state index is 14.1. The summed E-state index contributed by atoms with van der Waals surface area (Å²) in [6.07, 6.45) is 10.6. The third kappa shape index (κ3) is 6.73. The van der Waals surface area contributed by atoms with Gasteiger partial charge in [0, 0.05) is 5.54 Å². The van der Waals surface area contributed by atoms with Crippen LogP contribution in [0.4, 0.5) is 4.39 Å². The Balaban J connectivity index is 1.66. The van der Waals surface area contributed by atoms with Crippen LogP contribution in [0.1, 0.15) is 83.8 Å². The second-order valence-electron chi connectivity index (χ2n) is 8.88. The smallest absolute Gasteiger partial charge is 0.126 e. The van der Waals surface area contributed by atoms with Crippen molar-refractivity contribution in [2.45, 2.75) is 91.0 Å². The standard InChI is InChI=1S/C23H38FN/c1-5-6-11-21-13-12-20(18-22(21)24)10-8-7-9-19-14-16-25(17-15-19)23(2,3)4/h12-13,18-19H,5-11,14-17H2,1-4H3. The van der Waals surface area contributed by atoms with Gasteiger partial charge in [0.1, 0.15) is 5.82 Å². The van der Waals surface area contributed by atoms with Crippen LogP contribution < -0.4 is 0 Å². The van der Waals surface area contributed by atoms with Crippen LogP contribution in [0, 0.1) is 11.7 Å². The van der Waals surface area contributed by atoms with Gasteiger partial charge in [0.15, 0.2) is 0 Å². The fourth-order valence-corrected chi connectivity index (χ4v) is 3.97. The third-order valence-corrected chi connectivity index (χ3v) is 5.81. The SMILES string of the molecule is CCCCc1ccc(CCCCC2CCN(C(C)(C)C)CC2)cc1F. The Bertz CT molecular complexity index is 509. The molecule has 1 nitrogen and oxygen atoms in total. The van der Waals surface area contributed by atoms with Gasteiger partial charge in [-0.3, -0.25) is 4.90 Å². The van der Waals surface area contributed by atoms with E-state index in [1.54, 1.807) is 6.07 Å². The molecule has 0 saturated carbocycles. The lowest BCUT2D eigenvalue weighted by Gasteiger charge is -2.41. The van der Waals surface area contributed by atoms with Crippen LogP contribution in [0.2, 0.25) is 0 Å². The highest BCUT2D eigenvalue weighted by molar-refractivity contribution is 5.24. The molecule has 0 amide bonds. The molecule has 0 radical (unpaired) electrons. The first-order valence-electron chi connectivity index (χ1n) is 10.4. The summed E-state index contributed by atoms with van der Waals surface area (Å²) in [7, 11) is 0. The highest BCUT2D eigenvalue weighted by atomic mass is 19.1. The Morgan fingerprint density at radius 2 is 1.76 bits per heavy atom. The summed E-state index contributed by atoms with van der Waals surface area (Å²) in [6, 6.07) is 5.91. The summed E-state index contributed by atoms with van der Waals surface area (Å²) in [5.41, 5.74) is 2.37. The predicted molar refractivity (Wildman–Crippen MR) is 107 cm³/mol. The van der Waals surface area contributed by atoms with E-state index in [1.165, 1.54) is 50.8 Å². The first-order chi connectivity index (χ1) is 11.9. The van der Waals surface area contributed by atoms with Crippen molar-refractivity contribution in [3.8, 4) is 0 Å². The molecule has 0 spiro atoms. The van der Waals surface area contributed by atoms with Gasteiger partial charge in [-0.2, -0.15) is 0 Å². The van der Waals surface area contributed by atoms with E-state index in [2.05, 4.69) is 38.7 Å². The average molecular weight is 348 g/mol. The van der Waals surface area contributed by atoms with Gasteiger partial charge in [0.05, 0.1) is 0 Å². The number of likely N-dealkylation sites (tertiary alicyclic amines) is 1. The van der Waals surface area contributed by atoms with Gasteiger partial charge in [-0.1, -0.05) is 38.3 Å². The fourth-order valence-electron chi connectivity index (χ4n) is 3.97. The van der Waals surface area contributed by atoms with Crippen LogP contribution in [-0.4, -0.2) is 23.5 Å². The normalized spacial score (nSPS) is 17.2. The van der Waals surface area contributed by atoms with Crippen LogP contribution in [0.3, 0.4) is 0 Å². The van der Waals surface area contributed by atoms with Crippen molar-refractivity contribution in [1.82, 2.24) is 4.90 Å². The third-order valence-electron chi connectivity index (χ3n) is 5.81. The maximum absolute atomic E-state index is 14.1.